The molecule has 11 nitrogen and oxygen atoms in total. The van der Waals surface area contributed by atoms with Gasteiger partial charge >= 0.3 is 6.18 Å². The van der Waals surface area contributed by atoms with Crippen LogP contribution in [0.1, 0.15) is 31.5 Å². The molecule has 5 rings (SSSR count). The van der Waals surface area contributed by atoms with Crippen LogP contribution >= 0.6 is 11.6 Å². The SMILES string of the molecule is CC(Cn1cnnn1)Oc1cc(-c2cnc(Nc3cn(C4CCNCC4)nc3C(F)(F)F)nc2)ccc1Cl. The zero-order valence-corrected chi connectivity index (χ0v) is 21.0. The number of nitrogens with one attached hydrogen (secondary N) is 2. The van der Waals surface area contributed by atoms with Crippen LogP contribution in [0.3, 0.4) is 0 Å². The lowest BCUT2D eigenvalue weighted by molar-refractivity contribution is -0.141. The van der Waals surface area contributed by atoms with Gasteiger partial charge in [-0.3, -0.25) is 4.68 Å². The van der Waals surface area contributed by atoms with Crippen LogP contribution in [0.2, 0.25) is 5.02 Å². The number of halogens is 4. The molecule has 0 radical (unpaired) electrons. The largest absolute Gasteiger partial charge is 0.487 e. The fourth-order valence-corrected chi connectivity index (χ4v) is 4.33. The zero-order chi connectivity index (χ0) is 26.7. The van der Waals surface area contributed by atoms with Gasteiger partial charge in [-0.2, -0.15) is 18.3 Å². The summed E-state index contributed by atoms with van der Waals surface area (Å²) in [5.74, 6) is 0.469. The van der Waals surface area contributed by atoms with Crippen molar-refractivity contribution in [3.8, 4) is 16.9 Å². The first kappa shape index (κ1) is 25.9. The number of hydrogen-bond donors (Lipinski definition) is 2. The highest BCUT2D eigenvalue weighted by Crippen LogP contribution is 2.36. The Labute approximate surface area is 220 Å². The molecule has 1 fully saturated rings. The number of ether oxygens (including phenoxy) is 1. The van der Waals surface area contributed by atoms with Crippen molar-refractivity contribution in [3.63, 3.8) is 0 Å². The fraction of sp³-hybridized carbons (Fsp3) is 0.391. The number of hydrogen-bond acceptors (Lipinski definition) is 9. The molecule has 0 saturated carbocycles. The molecular weight excluding hydrogens is 525 g/mol. The van der Waals surface area contributed by atoms with Crippen LogP contribution in [-0.2, 0) is 12.7 Å². The molecular formula is C23H24ClF3N10O. The van der Waals surface area contributed by atoms with Crippen LogP contribution < -0.4 is 15.4 Å². The second kappa shape index (κ2) is 10.9. The van der Waals surface area contributed by atoms with E-state index in [1.54, 1.807) is 22.9 Å². The predicted molar refractivity (Wildman–Crippen MR) is 132 cm³/mol. The Morgan fingerprint density at radius 1 is 1.18 bits per heavy atom. The topological polar surface area (TPSA) is 120 Å². The van der Waals surface area contributed by atoms with E-state index in [2.05, 4.69) is 41.2 Å². The molecule has 0 amide bonds. The Bertz CT molecular complexity index is 1360. The monoisotopic (exact) mass is 548 g/mol. The third-order valence-electron chi connectivity index (χ3n) is 6.01. The summed E-state index contributed by atoms with van der Waals surface area (Å²) in [6, 6.07) is 5.10. The molecule has 1 saturated heterocycles. The number of piperidine rings is 1. The summed E-state index contributed by atoms with van der Waals surface area (Å²) in [5.41, 5.74) is 0.161. The molecule has 1 unspecified atom stereocenters. The first-order valence-corrected chi connectivity index (χ1v) is 12.3. The Kier molecular flexibility index (Phi) is 7.42. The van der Waals surface area contributed by atoms with E-state index in [4.69, 9.17) is 16.3 Å². The van der Waals surface area contributed by atoms with Gasteiger partial charge in [-0.05, 0) is 61.0 Å². The highest BCUT2D eigenvalue weighted by Gasteiger charge is 2.38. The number of nitrogens with zero attached hydrogens (tertiary/aromatic N) is 8. The molecule has 0 aliphatic carbocycles. The second-order valence-corrected chi connectivity index (χ2v) is 9.28. The van der Waals surface area contributed by atoms with Gasteiger partial charge in [0.15, 0.2) is 5.69 Å². The first-order chi connectivity index (χ1) is 18.3. The summed E-state index contributed by atoms with van der Waals surface area (Å²) in [5, 5.41) is 21.1. The lowest BCUT2D eigenvalue weighted by Gasteiger charge is -2.22. The summed E-state index contributed by atoms with van der Waals surface area (Å²) >= 11 is 6.32. The minimum Gasteiger partial charge on any atom is -0.487 e. The molecule has 1 aliphatic heterocycles. The Morgan fingerprint density at radius 2 is 1.95 bits per heavy atom. The standard InChI is InChI=1S/C23H24ClF3N10O/c1-14(11-36-13-31-34-35-36)38-20-8-15(2-3-18(20)24)16-9-29-22(30-10-16)32-19-12-37(17-4-6-28-7-5-17)33-21(19)23(25,26)27/h2-3,8-10,12-14,17,28H,4-7,11H2,1H3,(H,29,30,32). The first-order valence-electron chi connectivity index (χ1n) is 11.9. The highest BCUT2D eigenvalue weighted by atomic mass is 35.5. The maximum absolute atomic E-state index is 13.7. The van der Waals surface area contributed by atoms with Crippen molar-refractivity contribution in [2.24, 2.45) is 0 Å². The number of benzene rings is 1. The molecule has 0 bridgehead atoms. The minimum atomic E-state index is -4.62. The van der Waals surface area contributed by atoms with E-state index in [9.17, 15) is 13.2 Å². The van der Waals surface area contributed by atoms with Gasteiger partial charge in [0, 0.05) is 24.2 Å². The lowest BCUT2D eigenvalue weighted by atomic mass is 10.1. The molecule has 1 aliphatic rings. The number of alkyl halides is 3. The van der Waals surface area contributed by atoms with Crippen LogP contribution in [0.25, 0.3) is 11.1 Å². The van der Waals surface area contributed by atoms with Gasteiger partial charge in [0.05, 0.1) is 23.3 Å². The van der Waals surface area contributed by atoms with Gasteiger partial charge in [-0.15, -0.1) is 5.10 Å². The van der Waals surface area contributed by atoms with E-state index >= 15 is 0 Å². The number of rotatable bonds is 8. The van der Waals surface area contributed by atoms with E-state index in [1.165, 1.54) is 29.6 Å². The molecule has 4 heterocycles. The smallest absolute Gasteiger partial charge is 0.437 e. The van der Waals surface area contributed by atoms with Gasteiger partial charge < -0.3 is 15.4 Å². The van der Waals surface area contributed by atoms with Crippen LogP contribution in [0.5, 0.6) is 5.75 Å². The van der Waals surface area contributed by atoms with Gasteiger partial charge in [0.1, 0.15) is 18.2 Å². The summed E-state index contributed by atoms with van der Waals surface area (Å²) in [6.07, 6.45) is 2.38. The quantitative estimate of drug-likeness (QED) is 0.335. The summed E-state index contributed by atoms with van der Waals surface area (Å²) < 4.78 is 49.9. The van der Waals surface area contributed by atoms with E-state index in [-0.39, 0.29) is 23.8 Å². The number of tetrazole rings is 1. The van der Waals surface area contributed by atoms with Gasteiger partial charge in [-0.25, -0.2) is 14.6 Å². The number of anilines is 2. The Hall–Kier alpha value is -3.78. The Balaban J connectivity index is 1.31. The predicted octanol–water partition coefficient (Wildman–Crippen LogP) is 4.13. The van der Waals surface area contributed by atoms with Crippen molar-refractivity contribution in [1.82, 2.24) is 45.3 Å². The number of aromatic nitrogens is 8. The Morgan fingerprint density at radius 3 is 2.63 bits per heavy atom. The molecule has 3 aromatic heterocycles. The molecule has 38 heavy (non-hydrogen) atoms. The van der Waals surface area contributed by atoms with Crippen molar-refractivity contribution < 1.29 is 17.9 Å². The lowest BCUT2D eigenvalue weighted by Crippen LogP contribution is -2.29. The second-order valence-electron chi connectivity index (χ2n) is 8.88. The molecule has 1 aromatic carbocycles. The van der Waals surface area contributed by atoms with Crippen LogP contribution in [-0.4, -0.2) is 59.1 Å². The van der Waals surface area contributed by atoms with Gasteiger partial charge in [0.2, 0.25) is 5.95 Å². The van der Waals surface area contributed by atoms with Crippen molar-refractivity contribution in [3.05, 3.63) is 53.8 Å². The van der Waals surface area contributed by atoms with E-state index in [0.29, 0.717) is 35.7 Å². The van der Waals surface area contributed by atoms with Crippen molar-refractivity contribution in [1.29, 1.82) is 0 Å². The maximum Gasteiger partial charge on any atom is 0.437 e. The molecule has 0 spiro atoms. The average molecular weight is 549 g/mol. The van der Waals surface area contributed by atoms with Gasteiger partial charge in [-0.1, -0.05) is 17.7 Å². The van der Waals surface area contributed by atoms with Crippen LogP contribution in [0.4, 0.5) is 24.8 Å². The summed E-state index contributed by atoms with van der Waals surface area (Å²) in [7, 11) is 0. The molecule has 1 atom stereocenters. The highest BCUT2D eigenvalue weighted by molar-refractivity contribution is 6.32. The van der Waals surface area contributed by atoms with E-state index < -0.39 is 11.9 Å². The normalized spacial score (nSPS) is 15.4. The summed E-state index contributed by atoms with van der Waals surface area (Å²) in [4.78, 5) is 8.44. The minimum absolute atomic E-state index is 0.0182. The fourth-order valence-electron chi connectivity index (χ4n) is 4.17. The third kappa shape index (κ3) is 6.02. The van der Waals surface area contributed by atoms with E-state index in [1.807, 2.05) is 6.92 Å². The van der Waals surface area contributed by atoms with Crippen LogP contribution in [0.15, 0.2) is 43.1 Å². The van der Waals surface area contributed by atoms with Crippen molar-refractivity contribution >= 4 is 23.2 Å². The third-order valence-corrected chi connectivity index (χ3v) is 6.32. The van der Waals surface area contributed by atoms with Crippen LogP contribution in [0, 0.1) is 0 Å². The molecule has 4 aromatic rings. The maximum atomic E-state index is 13.7. The molecule has 200 valence electrons. The van der Waals surface area contributed by atoms with Crippen molar-refractivity contribution in [2.75, 3.05) is 18.4 Å². The zero-order valence-electron chi connectivity index (χ0n) is 20.2. The summed E-state index contributed by atoms with van der Waals surface area (Å²) in [6.45, 7) is 3.74. The van der Waals surface area contributed by atoms with Crippen molar-refractivity contribution in [2.45, 2.75) is 44.6 Å². The van der Waals surface area contributed by atoms with E-state index in [0.717, 1.165) is 18.7 Å². The van der Waals surface area contributed by atoms with Gasteiger partial charge in [0.25, 0.3) is 0 Å². The molecule has 2 N–H and O–H groups in total. The average Bonchev–Trinajstić information content (AvgIpc) is 3.56. The molecule has 15 heteroatoms.